The van der Waals surface area contributed by atoms with Crippen molar-refractivity contribution in [3.63, 3.8) is 0 Å². The van der Waals surface area contributed by atoms with Crippen molar-refractivity contribution in [3.8, 4) is 0 Å². The second-order valence-corrected chi connectivity index (χ2v) is 11.9. The van der Waals surface area contributed by atoms with E-state index in [9.17, 15) is 31.3 Å². The molecular weight excluding hydrogens is 753 g/mol. The van der Waals surface area contributed by atoms with Gasteiger partial charge in [-0.2, -0.15) is 8.78 Å². The van der Waals surface area contributed by atoms with Crippen molar-refractivity contribution in [1.82, 2.24) is 5.32 Å². The number of ether oxygens (including phenoxy) is 1. The zero-order valence-electron chi connectivity index (χ0n) is 14.3. The van der Waals surface area contributed by atoms with Crippen molar-refractivity contribution in [1.29, 1.82) is 0 Å². The van der Waals surface area contributed by atoms with Crippen molar-refractivity contribution in [2.75, 3.05) is 0 Å². The summed E-state index contributed by atoms with van der Waals surface area (Å²) in [6.07, 6.45) is 0.297. The van der Waals surface area contributed by atoms with Gasteiger partial charge in [-0.1, -0.05) is 0 Å². The Morgan fingerprint density at radius 3 is 2.34 bits per heavy atom. The lowest BCUT2D eigenvalue weighted by molar-refractivity contribution is -0.169. The fraction of sp³-hybridized carbons (Fsp3) is 0.500. The summed E-state index contributed by atoms with van der Waals surface area (Å²) in [6, 6.07) is 3.54. The Morgan fingerprint density at radius 1 is 1.14 bits per heavy atom. The molecule has 1 aromatic rings. The Hall–Kier alpha value is 0.120. The standard InChI is InChI=1S/C16H14F2I3NO6S/c17-16(18,29(25,26)27)15(24)28-12-3-6-1-7(12)2-11(6)22-14(23)9-4-8(19)5-10(20)13(9)21/h4-7,11-12H,1-3H2,(H,22,23)(H,25,26,27)/p-1. The molecule has 0 aliphatic heterocycles. The number of hydrogen-bond acceptors (Lipinski definition) is 6. The summed E-state index contributed by atoms with van der Waals surface area (Å²) in [5.74, 6) is -2.94. The molecule has 1 amide bonds. The van der Waals surface area contributed by atoms with Gasteiger partial charge in [0.25, 0.3) is 5.91 Å². The maximum absolute atomic E-state index is 13.3. The summed E-state index contributed by atoms with van der Waals surface area (Å²) in [7, 11) is -6.14. The molecular formula is C16H13F2I3NO6S-. The minimum atomic E-state index is -6.14. The molecule has 2 aliphatic rings. The third kappa shape index (κ3) is 4.82. The van der Waals surface area contributed by atoms with Crippen molar-refractivity contribution in [3.05, 3.63) is 28.4 Å². The fourth-order valence-corrected chi connectivity index (χ4v) is 6.47. The molecule has 2 fully saturated rings. The van der Waals surface area contributed by atoms with E-state index in [-0.39, 0.29) is 30.2 Å². The molecule has 0 heterocycles. The van der Waals surface area contributed by atoms with Gasteiger partial charge in [0.2, 0.25) is 0 Å². The van der Waals surface area contributed by atoms with Crippen LogP contribution in [0.1, 0.15) is 29.6 Å². The Kier molecular flexibility index (Phi) is 7.03. The second-order valence-electron chi connectivity index (χ2n) is 6.97. The van der Waals surface area contributed by atoms with Gasteiger partial charge in [0, 0.05) is 16.8 Å². The van der Waals surface area contributed by atoms with E-state index in [1.54, 1.807) is 6.07 Å². The number of rotatable bonds is 5. The van der Waals surface area contributed by atoms with E-state index in [1.807, 2.05) is 6.07 Å². The lowest BCUT2D eigenvalue weighted by atomic mass is 9.92. The van der Waals surface area contributed by atoms with Gasteiger partial charge in [0.1, 0.15) is 6.10 Å². The number of hydrogen-bond donors (Lipinski definition) is 1. The zero-order valence-corrected chi connectivity index (χ0v) is 21.6. The van der Waals surface area contributed by atoms with Crippen LogP contribution in [0.5, 0.6) is 0 Å². The van der Waals surface area contributed by atoms with Gasteiger partial charge in [-0.15, -0.1) is 0 Å². The van der Waals surface area contributed by atoms with Crippen molar-refractivity contribution in [2.45, 2.75) is 36.7 Å². The minimum Gasteiger partial charge on any atom is -0.743 e. The van der Waals surface area contributed by atoms with Crippen molar-refractivity contribution in [2.24, 2.45) is 11.8 Å². The summed E-state index contributed by atoms with van der Waals surface area (Å²) in [6.45, 7) is 0. The molecule has 13 heteroatoms. The zero-order chi connectivity index (χ0) is 21.7. The Bertz CT molecular complexity index is 974. The van der Waals surface area contributed by atoms with E-state index < -0.39 is 27.4 Å². The van der Waals surface area contributed by atoms with Crippen LogP contribution in [0.25, 0.3) is 0 Å². The van der Waals surface area contributed by atoms with Crippen LogP contribution in [-0.4, -0.2) is 42.2 Å². The van der Waals surface area contributed by atoms with Gasteiger partial charge >= 0.3 is 11.2 Å². The highest BCUT2D eigenvalue weighted by Crippen LogP contribution is 2.47. The van der Waals surface area contributed by atoms with Gasteiger partial charge in [0.15, 0.2) is 10.1 Å². The minimum absolute atomic E-state index is 0.0845. The number of halogens is 5. The Labute approximate surface area is 206 Å². The molecule has 1 aromatic carbocycles. The van der Waals surface area contributed by atoms with E-state index in [0.29, 0.717) is 18.4 Å². The third-order valence-corrected chi connectivity index (χ3v) is 9.62. The highest BCUT2D eigenvalue weighted by atomic mass is 127. The molecule has 4 atom stereocenters. The second kappa shape index (κ2) is 8.57. The van der Waals surface area contributed by atoms with Crippen molar-refractivity contribution < 1.29 is 36.1 Å². The van der Waals surface area contributed by atoms with E-state index in [0.717, 1.165) is 10.7 Å². The fourth-order valence-electron chi connectivity index (χ4n) is 3.82. The molecule has 3 rings (SSSR count). The van der Waals surface area contributed by atoms with Gasteiger partial charge in [-0.3, -0.25) is 4.79 Å². The van der Waals surface area contributed by atoms with Crippen LogP contribution in [0.3, 0.4) is 0 Å². The molecule has 0 spiro atoms. The van der Waals surface area contributed by atoms with E-state index in [2.05, 4.69) is 77.8 Å². The highest BCUT2D eigenvalue weighted by Gasteiger charge is 2.53. The first-order valence-electron chi connectivity index (χ1n) is 8.31. The first-order chi connectivity index (χ1) is 13.3. The molecule has 0 aromatic heterocycles. The summed E-state index contributed by atoms with van der Waals surface area (Å²) < 4.78 is 65.7. The molecule has 2 saturated carbocycles. The Balaban J connectivity index is 1.63. The largest absolute Gasteiger partial charge is 0.743 e. The number of fused-ring (bicyclic) bond motifs is 2. The monoisotopic (exact) mass is 766 g/mol. The molecule has 4 unspecified atom stereocenters. The molecule has 29 heavy (non-hydrogen) atoms. The number of amides is 1. The van der Waals surface area contributed by atoms with Crippen LogP contribution in [-0.2, 0) is 19.6 Å². The molecule has 0 radical (unpaired) electrons. The molecule has 2 bridgehead atoms. The van der Waals surface area contributed by atoms with Crippen molar-refractivity contribution >= 4 is 89.8 Å². The van der Waals surface area contributed by atoms with E-state index in [1.165, 1.54) is 0 Å². The lowest BCUT2D eigenvalue weighted by Gasteiger charge is -2.29. The average Bonchev–Trinajstić information content (AvgIpc) is 3.16. The first kappa shape index (κ1) is 23.8. The van der Waals surface area contributed by atoms with E-state index >= 15 is 0 Å². The van der Waals surface area contributed by atoms with Crippen LogP contribution in [0.2, 0.25) is 0 Å². The van der Waals surface area contributed by atoms with E-state index in [4.69, 9.17) is 0 Å². The normalized spacial score (nSPS) is 26.4. The van der Waals surface area contributed by atoms with Gasteiger partial charge in [-0.05, 0) is 111 Å². The summed E-state index contributed by atoms with van der Waals surface area (Å²) in [5.41, 5.74) is 0.549. The topological polar surface area (TPSA) is 113 Å². The molecule has 2 aliphatic carbocycles. The molecule has 1 N–H and O–H groups in total. The predicted octanol–water partition coefficient (Wildman–Crippen LogP) is 3.08. The van der Waals surface area contributed by atoms with Crippen LogP contribution in [0, 0.1) is 22.5 Å². The SMILES string of the molecule is O=C(NC1CC2CC1CC2OC(=O)C(F)(F)S(=O)(=O)[O-])c1cc(I)cc(I)c1I. The Morgan fingerprint density at radius 2 is 1.79 bits per heavy atom. The summed E-state index contributed by atoms with van der Waals surface area (Å²) >= 11 is 6.38. The van der Waals surface area contributed by atoms with Crippen LogP contribution in [0.15, 0.2) is 12.1 Å². The average molecular weight is 766 g/mol. The highest BCUT2D eigenvalue weighted by molar-refractivity contribution is 14.1. The number of esters is 1. The third-order valence-electron chi connectivity index (χ3n) is 5.16. The smallest absolute Gasteiger partial charge is 0.428 e. The molecule has 0 saturated heterocycles. The predicted molar refractivity (Wildman–Crippen MR) is 121 cm³/mol. The van der Waals surface area contributed by atoms with Gasteiger partial charge in [-0.25, -0.2) is 13.2 Å². The van der Waals surface area contributed by atoms with Gasteiger partial charge in [0.05, 0.1) is 5.56 Å². The first-order valence-corrected chi connectivity index (χ1v) is 13.0. The number of carbonyl (C=O) groups excluding carboxylic acids is 2. The van der Waals surface area contributed by atoms with Crippen LogP contribution < -0.4 is 5.32 Å². The van der Waals surface area contributed by atoms with Gasteiger partial charge < -0.3 is 14.6 Å². The molecule has 160 valence electrons. The van der Waals surface area contributed by atoms with Crippen LogP contribution in [0.4, 0.5) is 8.78 Å². The number of nitrogens with one attached hydrogen (secondary N) is 1. The quantitative estimate of drug-likeness (QED) is 0.214. The number of alkyl halides is 2. The maximum Gasteiger partial charge on any atom is 0.428 e. The summed E-state index contributed by atoms with van der Waals surface area (Å²) in [5, 5.41) is -2.15. The summed E-state index contributed by atoms with van der Waals surface area (Å²) in [4.78, 5) is 24.2. The number of carbonyl (C=O) groups is 2. The van der Waals surface area contributed by atoms with Crippen LogP contribution >= 0.6 is 67.8 Å². The maximum atomic E-state index is 13.3. The molecule has 7 nitrogen and oxygen atoms in total. The lowest BCUT2D eigenvalue weighted by Crippen LogP contribution is -2.44. The number of benzene rings is 1.